The number of hydrogen-bond acceptors (Lipinski definition) is 7. The lowest BCUT2D eigenvalue weighted by molar-refractivity contribution is -0.153. The first-order chi connectivity index (χ1) is 25.6. The Hall–Kier alpha value is -3.11. The van der Waals surface area contributed by atoms with Gasteiger partial charge in [-0.15, -0.1) is 0 Å². The molecule has 0 radical (unpaired) electrons. The molecule has 3 aliphatic carbocycles. The molecular formula is C44H70N4O7. The van der Waals surface area contributed by atoms with Gasteiger partial charge < -0.3 is 15.5 Å². The van der Waals surface area contributed by atoms with Crippen molar-refractivity contribution >= 4 is 41.1 Å². The Kier molecular flexibility index (Phi) is 12.8. The quantitative estimate of drug-likeness (QED) is 0.138. The number of rotatable bonds is 15. The number of carbonyl (C=O) groups is 7. The fraction of sp³-hybridized carbons (Fsp3) is 0.841. The number of fused-ring (bicyclic) bond motifs is 1. The second kappa shape index (κ2) is 16.4. The molecule has 0 bridgehead atoms. The van der Waals surface area contributed by atoms with Crippen LogP contribution in [0.25, 0.3) is 0 Å². The van der Waals surface area contributed by atoms with Gasteiger partial charge in [0.15, 0.2) is 11.6 Å². The van der Waals surface area contributed by atoms with E-state index in [0.717, 1.165) is 57.8 Å². The largest absolute Gasteiger partial charge is 0.333 e. The van der Waals surface area contributed by atoms with Crippen molar-refractivity contribution in [3.8, 4) is 0 Å². The SMILES string of the molecule is CCCC(CC(=O)[C@@H]1[C@H]2CCC(C)(C)[C@H]2CN1C(=O)[C@@H](NC(=O)N[C@H](CN1C(=O)CC(C)(C)CC1=O)C(C)(C)C)C1(C)CCCCC1)C(=O)C(=O)CC1CC1. The van der Waals surface area contributed by atoms with Gasteiger partial charge in [-0.25, -0.2) is 4.79 Å². The number of piperidine rings is 1. The highest BCUT2D eigenvalue weighted by atomic mass is 16.2. The van der Waals surface area contributed by atoms with E-state index in [-0.39, 0.29) is 84.7 Å². The molecule has 0 spiro atoms. The molecular weight excluding hydrogens is 697 g/mol. The Morgan fingerprint density at radius 3 is 2.04 bits per heavy atom. The summed E-state index contributed by atoms with van der Waals surface area (Å²) in [5.41, 5.74) is -1.60. The Morgan fingerprint density at radius 1 is 0.855 bits per heavy atom. The van der Waals surface area contributed by atoms with Crippen LogP contribution in [0.15, 0.2) is 0 Å². The number of nitrogens with zero attached hydrogens (tertiary/aromatic N) is 2. The molecule has 308 valence electrons. The Bertz CT molecular complexity index is 1500. The first kappa shape index (κ1) is 43.0. The van der Waals surface area contributed by atoms with Gasteiger partial charge >= 0.3 is 6.03 Å². The number of ketones is 3. The molecule has 55 heavy (non-hydrogen) atoms. The molecule has 1 unspecified atom stereocenters. The third-order valence-corrected chi connectivity index (χ3v) is 14.1. The summed E-state index contributed by atoms with van der Waals surface area (Å²) in [6.45, 7) is 18.5. The summed E-state index contributed by atoms with van der Waals surface area (Å²) >= 11 is 0. The maximum absolute atomic E-state index is 15.2. The maximum atomic E-state index is 15.2. The van der Waals surface area contributed by atoms with Crippen LogP contribution in [0.1, 0.15) is 159 Å². The second-order valence-electron chi connectivity index (χ2n) is 20.9. The van der Waals surface area contributed by atoms with Gasteiger partial charge in [0.2, 0.25) is 23.5 Å². The summed E-state index contributed by atoms with van der Waals surface area (Å²) in [6, 6.07) is -2.79. The number of amides is 5. The van der Waals surface area contributed by atoms with E-state index in [0.29, 0.717) is 19.4 Å². The molecule has 2 N–H and O–H groups in total. The highest BCUT2D eigenvalue weighted by Gasteiger charge is 2.57. The standard InChI is InChI=1S/C44H70N4O7/c1-10-14-28(37(53)32(50)21-27-15-16-27)22-31(49)36-29-17-20-43(7,8)30(29)25-48(36)39(54)38(44(9)18-12-11-13-19-44)46-40(55)45-33(41(2,3)4)26-47-34(51)23-42(5,6)24-35(47)52/h27-30,33,36,38H,10-26H2,1-9H3,(H2,45,46,55)/t28?,29-,30-,33+,36-,38+/m0/s1. The normalized spacial score (nSPS) is 27.5. The van der Waals surface area contributed by atoms with Gasteiger partial charge in [-0.2, -0.15) is 0 Å². The zero-order valence-corrected chi connectivity index (χ0v) is 35.3. The highest BCUT2D eigenvalue weighted by Crippen LogP contribution is 2.54. The molecule has 5 amide bonds. The number of hydrogen-bond donors (Lipinski definition) is 2. The van der Waals surface area contributed by atoms with Crippen molar-refractivity contribution in [1.82, 2.24) is 20.4 Å². The predicted octanol–water partition coefficient (Wildman–Crippen LogP) is 6.79. The Morgan fingerprint density at radius 2 is 1.47 bits per heavy atom. The lowest BCUT2D eigenvalue weighted by atomic mass is 9.70. The fourth-order valence-corrected chi connectivity index (χ4v) is 10.2. The van der Waals surface area contributed by atoms with Gasteiger partial charge in [0, 0.05) is 44.7 Å². The van der Waals surface area contributed by atoms with Gasteiger partial charge in [0.1, 0.15) is 6.04 Å². The van der Waals surface area contributed by atoms with Crippen LogP contribution in [0.3, 0.4) is 0 Å². The van der Waals surface area contributed by atoms with Crippen molar-refractivity contribution in [1.29, 1.82) is 0 Å². The Balaban J connectivity index is 1.40. The van der Waals surface area contributed by atoms with Crippen LogP contribution in [0.2, 0.25) is 0 Å². The van der Waals surface area contributed by atoms with Crippen LogP contribution in [-0.4, -0.2) is 82.1 Å². The summed E-state index contributed by atoms with van der Waals surface area (Å²) in [7, 11) is 0. The zero-order chi connectivity index (χ0) is 40.7. The van der Waals surface area contributed by atoms with Crippen molar-refractivity contribution in [3.05, 3.63) is 0 Å². The lowest BCUT2D eigenvalue weighted by Crippen LogP contribution is -2.63. The van der Waals surface area contributed by atoms with Crippen molar-refractivity contribution in [2.45, 2.75) is 177 Å². The molecule has 0 aromatic carbocycles. The fourth-order valence-electron chi connectivity index (χ4n) is 10.2. The van der Waals surface area contributed by atoms with Gasteiger partial charge in [-0.1, -0.05) is 88.0 Å². The van der Waals surface area contributed by atoms with Gasteiger partial charge in [0.25, 0.3) is 0 Å². The van der Waals surface area contributed by atoms with E-state index < -0.39 is 52.1 Å². The zero-order valence-electron chi connectivity index (χ0n) is 35.3. The third kappa shape index (κ3) is 9.89. The molecule has 5 rings (SSSR count). The summed E-state index contributed by atoms with van der Waals surface area (Å²) in [6.07, 6.45) is 9.80. The van der Waals surface area contributed by atoms with E-state index in [1.807, 2.05) is 41.5 Å². The molecule has 11 heteroatoms. The van der Waals surface area contributed by atoms with Crippen LogP contribution in [0.4, 0.5) is 4.79 Å². The van der Waals surface area contributed by atoms with Crippen LogP contribution in [-0.2, 0) is 28.8 Å². The monoisotopic (exact) mass is 767 g/mol. The Labute approximate surface area is 329 Å². The van der Waals surface area contributed by atoms with Crippen molar-refractivity contribution in [2.24, 2.45) is 45.3 Å². The number of nitrogens with one attached hydrogen (secondary N) is 2. The van der Waals surface area contributed by atoms with Gasteiger partial charge in [-0.3, -0.25) is 33.7 Å². The molecule has 0 aromatic heterocycles. The van der Waals surface area contributed by atoms with E-state index in [2.05, 4.69) is 31.4 Å². The van der Waals surface area contributed by atoms with Gasteiger partial charge in [-0.05, 0) is 84.4 Å². The number of Topliss-reactive ketones (excluding diaryl/α,β-unsaturated/α-hetero) is 3. The number of carbonyl (C=O) groups excluding carboxylic acids is 7. The first-order valence-electron chi connectivity index (χ1n) is 21.4. The maximum Gasteiger partial charge on any atom is 0.315 e. The smallest absolute Gasteiger partial charge is 0.315 e. The molecule has 11 nitrogen and oxygen atoms in total. The van der Waals surface area contributed by atoms with Crippen LogP contribution >= 0.6 is 0 Å². The summed E-state index contributed by atoms with van der Waals surface area (Å²) < 4.78 is 0. The lowest BCUT2D eigenvalue weighted by Gasteiger charge is -2.43. The van der Waals surface area contributed by atoms with Crippen LogP contribution in [0.5, 0.6) is 0 Å². The van der Waals surface area contributed by atoms with Crippen molar-refractivity contribution < 1.29 is 33.6 Å². The molecule has 5 fully saturated rings. The van der Waals surface area contributed by atoms with Crippen molar-refractivity contribution in [3.63, 3.8) is 0 Å². The summed E-state index contributed by atoms with van der Waals surface area (Å²) in [5.74, 6) is -2.15. The van der Waals surface area contributed by atoms with E-state index in [4.69, 9.17) is 0 Å². The molecule has 6 atom stereocenters. The average Bonchev–Trinajstić information content (AvgIpc) is 3.72. The number of likely N-dealkylation sites (tertiary alicyclic amines) is 2. The van der Waals surface area contributed by atoms with E-state index in [9.17, 15) is 28.8 Å². The summed E-state index contributed by atoms with van der Waals surface area (Å²) in [4.78, 5) is 99.6. The minimum absolute atomic E-state index is 0.0303. The minimum Gasteiger partial charge on any atom is -0.333 e. The first-order valence-corrected chi connectivity index (χ1v) is 21.4. The minimum atomic E-state index is -0.919. The molecule has 2 aliphatic heterocycles. The van der Waals surface area contributed by atoms with E-state index in [1.54, 1.807) is 4.90 Å². The summed E-state index contributed by atoms with van der Waals surface area (Å²) in [5, 5.41) is 6.17. The third-order valence-electron chi connectivity index (χ3n) is 14.1. The van der Waals surface area contributed by atoms with Crippen LogP contribution < -0.4 is 10.6 Å². The molecule has 3 saturated carbocycles. The van der Waals surface area contributed by atoms with E-state index in [1.165, 1.54) is 4.90 Å². The predicted molar refractivity (Wildman–Crippen MR) is 210 cm³/mol. The van der Waals surface area contributed by atoms with Crippen molar-refractivity contribution in [2.75, 3.05) is 13.1 Å². The molecule has 2 heterocycles. The average molecular weight is 767 g/mol. The molecule has 2 saturated heterocycles. The highest BCUT2D eigenvalue weighted by molar-refractivity contribution is 6.38. The molecule has 0 aromatic rings. The second-order valence-corrected chi connectivity index (χ2v) is 20.9. The molecule has 5 aliphatic rings. The topological polar surface area (TPSA) is 150 Å². The number of imide groups is 1. The number of urea groups is 1. The van der Waals surface area contributed by atoms with Crippen LogP contribution in [0, 0.1) is 45.3 Å². The van der Waals surface area contributed by atoms with Gasteiger partial charge in [0.05, 0.1) is 12.1 Å². The van der Waals surface area contributed by atoms with E-state index >= 15 is 4.79 Å².